The molecule has 0 saturated carbocycles. The number of ether oxygens (including phenoxy) is 2. The van der Waals surface area contributed by atoms with Gasteiger partial charge in [0.05, 0.1) is 6.61 Å². The van der Waals surface area contributed by atoms with E-state index in [0.29, 0.717) is 0 Å². The van der Waals surface area contributed by atoms with E-state index in [9.17, 15) is 14.7 Å². The fourth-order valence-electron chi connectivity index (χ4n) is 1.85. The maximum absolute atomic E-state index is 12.0. The Hall–Kier alpha value is -2.04. The molecule has 21 heavy (non-hydrogen) atoms. The first-order chi connectivity index (χ1) is 9.66. The van der Waals surface area contributed by atoms with E-state index in [1.807, 2.05) is 20.8 Å². The molecular formula is C16H22O5. The van der Waals surface area contributed by atoms with E-state index in [4.69, 9.17) is 9.47 Å². The summed E-state index contributed by atoms with van der Waals surface area (Å²) in [5.74, 6) is -1.43. The summed E-state index contributed by atoms with van der Waals surface area (Å²) in [6.07, 6.45) is -1.26. The van der Waals surface area contributed by atoms with Crippen molar-refractivity contribution in [2.45, 2.75) is 46.1 Å². The molecule has 5 heteroatoms. The fraction of sp³-hybridized carbons (Fsp3) is 0.500. The van der Waals surface area contributed by atoms with Gasteiger partial charge in [-0.1, -0.05) is 26.8 Å². The summed E-state index contributed by atoms with van der Waals surface area (Å²) in [6, 6.07) is 4.93. The molecule has 0 heterocycles. The topological polar surface area (TPSA) is 72.8 Å². The molecule has 0 amide bonds. The molecule has 0 saturated heterocycles. The van der Waals surface area contributed by atoms with Crippen LogP contribution in [0.5, 0.6) is 5.75 Å². The number of carbonyl (C=O) groups excluding carboxylic acids is 2. The minimum atomic E-state index is -1.26. The van der Waals surface area contributed by atoms with E-state index < -0.39 is 18.0 Å². The Kier molecular flexibility index (Phi) is 5.35. The third kappa shape index (κ3) is 4.48. The Labute approximate surface area is 124 Å². The van der Waals surface area contributed by atoms with Gasteiger partial charge in [-0.15, -0.1) is 0 Å². The van der Waals surface area contributed by atoms with E-state index in [-0.39, 0.29) is 23.3 Å². The zero-order chi connectivity index (χ0) is 16.2. The SMILES string of the molecule is CCOC(=O)[C@H](OC(C)=O)c1cc(C(C)(C)C)ccc1O. The summed E-state index contributed by atoms with van der Waals surface area (Å²) >= 11 is 0. The highest BCUT2D eigenvalue weighted by atomic mass is 16.6. The van der Waals surface area contributed by atoms with Gasteiger partial charge in [0.1, 0.15) is 5.75 Å². The standard InChI is InChI=1S/C16H22O5/c1-6-20-15(19)14(21-10(2)17)12-9-11(16(3,4)5)7-8-13(12)18/h7-9,14,18H,6H2,1-5H3/t14-/m1/s1. The number of esters is 2. The predicted octanol–water partition coefficient (Wildman–Crippen LogP) is 2.86. The summed E-state index contributed by atoms with van der Waals surface area (Å²) in [6.45, 7) is 9.05. The summed E-state index contributed by atoms with van der Waals surface area (Å²) in [5, 5.41) is 10.0. The van der Waals surface area contributed by atoms with Crippen LogP contribution in [0.15, 0.2) is 18.2 Å². The average Bonchev–Trinajstić information content (AvgIpc) is 2.35. The smallest absolute Gasteiger partial charge is 0.352 e. The van der Waals surface area contributed by atoms with Gasteiger partial charge >= 0.3 is 11.9 Å². The van der Waals surface area contributed by atoms with Crippen molar-refractivity contribution in [1.82, 2.24) is 0 Å². The predicted molar refractivity (Wildman–Crippen MR) is 77.9 cm³/mol. The molecule has 0 aliphatic rings. The van der Waals surface area contributed by atoms with Crippen LogP contribution in [0.1, 0.15) is 51.8 Å². The van der Waals surface area contributed by atoms with Gasteiger partial charge in [-0.25, -0.2) is 4.79 Å². The van der Waals surface area contributed by atoms with Crippen LogP contribution in [0.25, 0.3) is 0 Å². The van der Waals surface area contributed by atoms with Crippen molar-refractivity contribution in [2.75, 3.05) is 6.61 Å². The highest BCUT2D eigenvalue weighted by Crippen LogP contribution is 2.33. The number of hydrogen-bond donors (Lipinski definition) is 1. The van der Waals surface area contributed by atoms with Crippen LogP contribution in [0.3, 0.4) is 0 Å². The normalized spacial score (nSPS) is 12.6. The van der Waals surface area contributed by atoms with Crippen LogP contribution in [-0.2, 0) is 24.5 Å². The van der Waals surface area contributed by atoms with Gasteiger partial charge in [0.15, 0.2) is 0 Å². The lowest BCUT2D eigenvalue weighted by Gasteiger charge is -2.22. The molecule has 1 N–H and O–H groups in total. The minimum absolute atomic E-state index is 0.109. The van der Waals surface area contributed by atoms with Gasteiger partial charge in [0.2, 0.25) is 6.10 Å². The maximum atomic E-state index is 12.0. The molecule has 0 unspecified atom stereocenters. The lowest BCUT2D eigenvalue weighted by molar-refractivity contribution is -0.167. The first kappa shape index (κ1) is 17.0. The minimum Gasteiger partial charge on any atom is -0.508 e. The van der Waals surface area contributed by atoms with Crippen LogP contribution in [-0.4, -0.2) is 23.7 Å². The summed E-state index contributed by atoms with van der Waals surface area (Å²) in [4.78, 5) is 23.2. The quantitative estimate of drug-likeness (QED) is 0.864. The zero-order valence-electron chi connectivity index (χ0n) is 13.1. The Bertz CT molecular complexity index is 528. The Balaban J connectivity index is 3.29. The van der Waals surface area contributed by atoms with Crippen LogP contribution < -0.4 is 0 Å². The van der Waals surface area contributed by atoms with Crippen molar-refractivity contribution in [2.24, 2.45) is 0 Å². The van der Waals surface area contributed by atoms with Gasteiger partial charge in [0, 0.05) is 12.5 Å². The molecule has 1 aromatic rings. The highest BCUT2D eigenvalue weighted by molar-refractivity contribution is 5.81. The van der Waals surface area contributed by atoms with E-state index >= 15 is 0 Å². The molecule has 1 aromatic carbocycles. The monoisotopic (exact) mass is 294 g/mol. The van der Waals surface area contributed by atoms with Gasteiger partial charge in [0.25, 0.3) is 0 Å². The number of rotatable bonds is 4. The Morgan fingerprint density at radius 1 is 1.29 bits per heavy atom. The van der Waals surface area contributed by atoms with Crippen molar-refractivity contribution >= 4 is 11.9 Å². The highest BCUT2D eigenvalue weighted by Gasteiger charge is 2.29. The number of benzene rings is 1. The van der Waals surface area contributed by atoms with Crippen LogP contribution in [0.4, 0.5) is 0 Å². The number of phenols is 1. The van der Waals surface area contributed by atoms with Gasteiger partial charge < -0.3 is 14.6 Å². The molecule has 5 nitrogen and oxygen atoms in total. The van der Waals surface area contributed by atoms with Crippen molar-refractivity contribution in [3.05, 3.63) is 29.3 Å². The van der Waals surface area contributed by atoms with E-state index in [2.05, 4.69) is 0 Å². The fourth-order valence-corrected chi connectivity index (χ4v) is 1.85. The van der Waals surface area contributed by atoms with Crippen molar-refractivity contribution in [3.8, 4) is 5.75 Å². The average molecular weight is 294 g/mol. The van der Waals surface area contributed by atoms with Crippen LogP contribution in [0, 0.1) is 0 Å². The lowest BCUT2D eigenvalue weighted by Crippen LogP contribution is -2.22. The second-order valence-electron chi connectivity index (χ2n) is 5.77. The molecule has 1 atom stereocenters. The summed E-state index contributed by atoms with van der Waals surface area (Å²) in [5.41, 5.74) is 0.977. The van der Waals surface area contributed by atoms with Gasteiger partial charge in [-0.05, 0) is 30.0 Å². The molecular weight excluding hydrogens is 272 g/mol. The second-order valence-corrected chi connectivity index (χ2v) is 5.77. The molecule has 0 fully saturated rings. The number of hydrogen-bond acceptors (Lipinski definition) is 5. The Morgan fingerprint density at radius 3 is 2.38 bits per heavy atom. The number of aromatic hydroxyl groups is 1. The zero-order valence-corrected chi connectivity index (χ0v) is 13.1. The molecule has 116 valence electrons. The van der Waals surface area contributed by atoms with E-state index in [1.165, 1.54) is 13.0 Å². The third-order valence-electron chi connectivity index (χ3n) is 2.96. The van der Waals surface area contributed by atoms with Crippen molar-refractivity contribution in [3.63, 3.8) is 0 Å². The molecule has 0 spiro atoms. The number of carbonyl (C=O) groups is 2. The number of phenolic OH excluding ortho intramolecular Hbond substituents is 1. The largest absolute Gasteiger partial charge is 0.508 e. The molecule has 0 aliphatic carbocycles. The Morgan fingerprint density at radius 2 is 1.90 bits per heavy atom. The maximum Gasteiger partial charge on any atom is 0.352 e. The van der Waals surface area contributed by atoms with E-state index in [1.54, 1.807) is 19.1 Å². The van der Waals surface area contributed by atoms with Crippen LogP contribution >= 0.6 is 0 Å². The first-order valence-corrected chi connectivity index (χ1v) is 6.84. The third-order valence-corrected chi connectivity index (χ3v) is 2.96. The summed E-state index contributed by atoms with van der Waals surface area (Å²) < 4.78 is 9.94. The molecule has 1 rings (SSSR count). The molecule has 0 bridgehead atoms. The van der Waals surface area contributed by atoms with Gasteiger partial charge in [-0.3, -0.25) is 4.79 Å². The molecule has 0 aromatic heterocycles. The second kappa shape index (κ2) is 6.61. The first-order valence-electron chi connectivity index (χ1n) is 6.84. The summed E-state index contributed by atoms with van der Waals surface area (Å²) in [7, 11) is 0. The van der Waals surface area contributed by atoms with Gasteiger partial charge in [-0.2, -0.15) is 0 Å². The molecule has 0 aliphatic heterocycles. The van der Waals surface area contributed by atoms with E-state index in [0.717, 1.165) is 5.56 Å². The van der Waals surface area contributed by atoms with Crippen LogP contribution in [0.2, 0.25) is 0 Å². The van der Waals surface area contributed by atoms with Crippen molar-refractivity contribution < 1.29 is 24.2 Å². The molecule has 0 radical (unpaired) electrons. The lowest BCUT2D eigenvalue weighted by atomic mass is 9.85. The van der Waals surface area contributed by atoms with Crippen molar-refractivity contribution in [1.29, 1.82) is 0 Å².